The van der Waals surface area contributed by atoms with E-state index in [1.165, 1.54) is 25.7 Å². The molecule has 1 rings (SSSR count). The SMILES string of the molecule is CCC1CCCCN1CC(=N)N. The molecule has 0 aromatic carbocycles. The molecule has 1 aliphatic rings. The molecule has 0 spiro atoms. The second-order valence-corrected chi connectivity index (χ2v) is 3.55. The topological polar surface area (TPSA) is 53.1 Å². The number of likely N-dealkylation sites (tertiary alicyclic amines) is 1. The standard InChI is InChI=1S/C9H19N3/c1-2-8-5-3-4-6-12(8)7-9(10)11/h8H,2-7H2,1H3,(H3,10,11). The zero-order valence-corrected chi connectivity index (χ0v) is 7.84. The first-order chi connectivity index (χ1) is 5.74. The minimum absolute atomic E-state index is 0.301. The molecule has 1 unspecified atom stereocenters. The number of nitrogens with one attached hydrogen (secondary N) is 1. The van der Waals surface area contributed by atoms with E-state index >= 15 is 0 Å². The van der Waals surface area contributed by atoms with Crippen LogP contribution in [0.4, 0.5) is 0 Å². The van der Waals surface area contributed by atoms with Gasteiger partial charge in [-0.3, -0.25) is 10.3 Å². The van der Waals surface area contributed by atoms with Crippen LogP contribution in [0, 0.1) is 5.41 Å². The maximum Gasteiger partial charge on any atom is 0.105 e. The summed E-state index contributed by atoms with van der Waals surface area (Å²) >= 11 is 0. The first-order valence-electron chi connectivity index (χ1n) is 4.81. The van der Waals surface area contributed by atoms with Gasteiger partial charge in [0.05, 0.1) is 6.54 Å². The predicted octanol–water partition coefficient (Wildman–Crippen LogP) is 1.19. The van der Waals surface area contributed by atoms with Crippen molar-refractivity contribution < 1.29 is 0 Å². The summed E-state index contributed by atoms with van der Waals surface area (Å²) in [7, 11) is 0. The third-order valence-electron chi connectivity index (χ3n) is 2.59. The van der Waals surface area contributed by atoms with E-state index in [1.807, 2.05) is 0 Å². The van der Waals surface area contributed by atoms with Gasteiger partial charge in [-0.15, -0.1) is 0 Å². The Morgan fingerprint density at radius 2 is 2.33 bits per heavy atom. The van der Waals surface area contributed by atoms with E-state index in [2.05, 4.69) is 11.8 Å². The molecule has 0 aromatic rings. The van der Waals surface area contributed by atoms with Crippen molar-refractivity contribution in [1.82, 2.24) is 4.90 Å². The molecular weight excluding hydrogens is 150 g/mol. The van der Waals surface area contributed by atoms with Crippen molar-refractivity contribution in [1.29, 1.82) is 5.41 Å². The molecule has 1 fully saturated rings. The molecule has 1 aliphatic heterocycles. The van der Waals surface area contributed by atoms with E-state index in [9.17, 15) is 0 Å². The minimum Gasteiger partial charge on any atom is -0.387 e. The monoisotopic (exact) mass is 169 g/mol. The van der Waals surface area contributed by atoms with Gasteiger partial charge in [0.1, 0.15) is 5.84 Å². The summed E-state index contributed by atoms with van der Waals surface area (Å²) in [5, 5.41) is 7.23. The molecule has 0 radical (unpaired) electrons. The van der Waals surface area contributed by atoms with E-state index in [1.54, 1.807) is 0 Å². The molecule has 0 aromatic heterocycles. The van der Waals surface area contributed by atoms with Crippen molar-refractivity contribution in [3.8, 4) is 0 Å². The van der Waals surface area contributed by atoms with Gasteiger partial charge >= 0.3 is 0 Å². The number of hydrogen-bond acceptors (Lipinski definition) is 2. The molecule has 12 heavy (non-hydrogen) atoms. The van der Waals surface area contributed by atoms with Gasteiger partial charge in [0.15, 0.2) is 0 Å². The lowest BCUT2D eigenvalue weighted by atomic mass is 10.0. The lowest BCUT2D eigenvalue weighted by molar-refractivity contribution is 0.165. The number of piperidine rings is 1. The summed E-state index contributed by atoms with van der Waals surface area (Å²) in [4.78, 5) is 2.34. The zero-order valence-electron chi connectivity index (χ0n) is 7.84. The van der Waals surface area contributed by atoms with Crippen LogP contribution in [0.15, 0.2) is 0 Å². The van der Waals surface area contributed by atoms with Gasteiger partial charge in [0, 0.05) is 6.04 Å². The molecule has 0 aliphatic carbocycles. The van der Waals surface area contributed by atoms with Crippen molar-refractivity contribution in [3.05, 3.63) is 0 Å². The Kier molecular flexibility index (Phi) is 3.53. The first kappa shape index (κ1) is 9.52. The molecule has 3 nitrogen and oxygen atoms in total. The van der Waals surface area contributed by atoms with E-state index in [0.717, 1.165) is 6.54 Å². The molecule has 0 bridgehead atoms. The average Bonchev–Trinajstić information content (AvgIpc) is 2.04. The Balaban J connectivity index is 2.41. The first-order valence-corrected chi connectivity index (χ1v) is 4.81. The van der Waals surface area contributed by atoms with Crippen LogP contribution in [-0.2, 0) is 0 Å². The molecule has 70 valence electrons. The fourth-order valence-corrected chi connectivity index (χ4v) is 1.95. The number of hydrogen-bond donors (Lipinski definition) is 2. The van der Waals surface area contributed by atoms with E-state index in [4.69, 9.17) is 11.1 Å². The lowest BCUT2D eigenvalue weighted by Gasteiger charge is -2.34. The molecule has 1 heterocycles. The normalized spacial score (nSPS) is 25.6. The molecule has 1 saturated heterocycles. The zero-order chi connectivity index (χ0) is 8.97. The summed E-state index contributed by atoms with van der Waals surface area (Å²) < 4.78 is 0. The van der Waals surface area contributed by atoms with E-state index in [0.29, 0.717) is 18.4 Å². The Morgan fingerprint density at radius 1 is 1.58 bits per heavy atom. The van der Waals surface area contributed by atoms with Crippen LogP contribution in [0.3, 0.4) is 0 Å². The van der Waals surface area contributed by atoms with Crippen molar-refractivity contribution >= 4 is 5.84 Å². The molecule has 0 amide bonds. The highest BCUT2D eigenvalue weighted by atomic mass is 15.2. The third-order valence-corrected chi connectivity index (χ3v) is 2.59. The summed E-state index contributed by atoms with van der Waals surface area (Å²) in [5.74, 6) is 0.301. The maximum atomic E-state index is 7.23. The molecule has 0 saturated carbocycles. The summed E-state index contributed by atoms with van der Waals surface area (Å²) in [5.41, 5.74) is 5.38. The summed E-state index contributed by atoms with van der Waals surface area (Å²) in [6.07, 6.45) is 5.08. The third kappa shape index (κ3) is 2.48. The second-order valence-electron chi connectivity index (χ2n) is 3.55. The van der Waals surface area contributed by atoms with Gasteiger partial charge in [-0.2, -0.15) is 0 Å². The maximum absolute atomic E-state index is 7.23. The van der Waals surface area contributed by atoms with Crippen LogP contribution < -0.4 is 5.73 Å². The molecule has 1 atom stereocenters. The van der Waals surface area contributed by atoms with Crippen LogP contribution >= 0.6 is 0 Å². The fourth-order valence-electron chi connectivity index (χ4n) is 1.95. The van der Waals surface area contributed by atoms with Gasteiger partial charge < -0.3 is 5.73 Å². The smallest absolute Gasteiger partial charge is 0.105 e. The van der Waals surface area contributed by atoms with Crippen LogP contribution in [0.25, 0.3) is 0 Å². The molecule has 3 N–H and O–H groups in total. The molecular formula is C9H19N3. The minimum atomic E-state index is 0.301. The Morgan fingerprint density at radius 3 is 2.92 bits per heavy atom. The number of rotatable bonds is 3. The largest absolute Gasteiger partial charge is 0.387 e. The number of nitrogens with zero attached hydrogens (tertiary/aromatic N) is 1. The van der Waals surface area contributed by atoms with Crippen molar-refractivity contribution in [3.63, 3.8) is 0 Å². The predicted molar refractivity (Wildman–Crippen MR) is 51.4 cm³/mol. The van der Waals surface area contributed by atoms with Crippen molar-refractivity contribution in [2.45, 2.75) is 38.6 Å². The van der Waals surface area contributed by atoms with Crippen molar-refractivity contribution in [2.75, 3.05) is 13.1 Å². The Labute approximate surface area is 74.4 Å². The average molecular weight is 169 g/mol. The highest BCUT2D eigenvalue weighted by Crippen LogP contribution is 2.18. The van der Waals surface area contributed by atoms with Gasteiger partial charge in [-0.05, 0) is 25.8 Å². The summed E-state index contributed by atoms with van der Waals surface area (Å²) in [6, 6.07) is 0.669. The highest BCUT2D eigenvalue weighted by Gasteiger charge is 2.20. The van der Waals surface area contributed by atoms with Gasteiger partial charge in [-0.25, -0.2) is 0 Å². The van der Waals surface area contributed by atoms with Gasteiger partial charge in [0.25, 0.3) is 0 Å². The van der Waals surface area contributed by atoms with Gasteiger partial charge in [-0.1, -0.05) is 13.3 Å². The fraction of sp³-hybridized carbons (Fsp3) is 0.889. The Hall–Kier alpha value is -0.570. The van der Waals surface area contributed by atoms with Crippen LogP contribution in [-0.4, -0.2) is 29.9 Å². The summed E-state index contributed by atoms with van der Waals surface area (Å²) in [6.45, 7) is 4.00. The number of nitrogens with two attached hydrogens (primary N) is 1. The van der Waals surface area contributed by atoms with E-state index in [-0.39, 0.29) is 0 Å². The Bertz CT molecular complexity index is 156. The quantitative estimate of drug-likeness (QED) is 0.492. The second kappa shape index (κ2) is 4.45. The van der Waals surface area contributed by atoms with Crippen LogP contribution in [0.2, 0.25) is 0 Å². The van der Waals surface area contributed by atoms with Crippen LogP contribution in [0.1, 0.15) is 32.6 Å². The van der Waals surface area contributed by atoms with Crippen molar-refractivity contribution in [2.24, 2.45) is 5.73 Å². The van der Waals surface area contributed by atoms with E-state index < -0.39 is 0 Å². The lowest BCUT2D eigenvalue weighted by Crippen LogP contribution is -2.43. The molecule has 3 heteroatoms. The highest BCUT2D eigenvalue weighted by molar-refractivity contribution is 5.78. The van der Waals surface area contributed by atoms with Crippen LogP contribution in [0.5, 0.6) is 0 Å². The number of amidine groups is 1. The van der Waals surface area contributed by atoms with Gasteiger partial charge in [0.2, 0.25) is 0 Å².